The lowest BCUT2D eigenvalue weighted by molar-refractivity contribution is -0.120. The van der Waals surface area contributed by atoms with Gasteiger partial charge in [0.05, 0.1) is 17.9 Å². The van der Waals surface area contributed by atoms with Crippen LogP contribution in [0.25, 0.3) is 11.3 Å². The standard InChI is InChI=1S/C25H28N4O3S/c1-4-7-16-31-20-15-11-9-13-18(20)24-29(21(30)5-2)19-14-10-8-12-17(19)22-23(32-24)26-25(28-27-22)33-6-3/h8-15,24H,4-7,16H2,1-3H3/t24-/m0/s1. The number of unbranched alkanes of at least 4 members (excludes halogenated alkanes) is 1. The molecule has 0 aliphatic carbocycles. The number of benzene rings is 2. The molecule has 0 saturated heterocycles. The van der Waals surface area contributed by atoms with Crippen LogP contribution in [-0.4, -0.2) is 33.4 Å². The van der Waals surface area contributed by atoms with Crippen LogP contribution in [0.5, 0.6) is 11.6 Å². The first-order chi connectivity index (χ1) is 16.2. The molecule has 1 aromatic heterocycles. The maximum atomic E-state index is 13.3. The first kappa shape index (κ1) is 23.0. The highest BCUT2D eigenvalue weighted by atomic mass is 32.2. The molecule has 172 valence electrons. The van der Waals surface area contributed by atoms with Crippen LogP contribution in [0, 0.1) is 0 Å². The van der Waals surface area contributed by atoms with Gasteiger partial charge in [0, 0.05) is 12.0 Å². The molecule has 3 aromatic rings. The summed E-state index contributed by atoms with van der Waals surface area (Å²) in [6, 6.07) is 15.3. The Bertz CT molecular complexity index is 1120. The van der Waals surface area contributed by atoms with Crippen molar-refractivity contribution in [3.8, 4) is 22.9 Å². The number of aromatic nitrogens is 3. The Kier molecular flexibility index (Phi) is 7.44. The summed E-state index contributed by atoms with van der Waals surface area (Å²) in [4.78, 5) is 19.6. The van der Waals surface area contributed by atoms with Crippen LogP contribution in [0.1, 0.15) is 51.8 Å². The Labute approximate surface area is 198 Å². The van der Waals surface area contributed by atoms with Crippen molar-refractivity contribution < 1.29 is 14.3 Å². The molecule has 8 heteroatoms. The first-order valence-corrected chi connectivity index (χ1v) is 12.3. The Morgan fingerprint density at radius 3 is 2.67 bits per heavy atom. The summed E-state index contributed by atoms with van der Waals surface area (Å²) < 4.78 is 12.6. The number of nitrogens with zero attached hydrogens (tertiary/aromatic N) is 4. The zero-order valence-corrected chi connectivity index (χ0v) is 20.0. The minimum Gasteiger partial charge on any atom is -0.493 e. The fourth-order valence-electron chi connectivity index (χ4n) is 3.69. The molecule has 0 unspecified atom stereocenters. The van der Waals surface area contributed by atoms with Crippen molar-refractivity contribution in [2.75, 3.05) is 17.3 Å². The molecule has 2 aromatic carbocycles. The third-order valence-corrected chi connectivity index (χ3v) is 6.02. The second-order valence-electron chi connectivity index (χ2n) is 7.53. The number of rotatable bonds is 8. The Balaban J connectivity index is 1.89. The van der Waals surface area contributed by atoms with Gasteiger partial charge in [-0.25, -0.2) is 0 Å². The van der Waals surface area contributed by atoms with Crippen molar-refractivity contribution in [1.82, 2.24) is 15.2 Å². The number of para-hydroxylation sites is 2. The number of hydrogen-bond donors (Lipinski definition) is 0. The van der Waals surface area contributed by atoms with Crippen molar-refractivity contribution in [2.45, 2.75) is 51.4 Å². The van der Waals surface area contributed by atoms with Gasteiger partial charge in [-0.1, -0.05) is 69.3 Å². The summed E-state index contributed by atoms with van der Waals surface area (Å²) in [5.41, 5.74) is 2.76. The molecule has 7 nitrogen and oxygen atoms in total. The lowest BCUT2D eigenvalue weighted by atomic mass is 10.1. The summed E-state index contributed by atoms with van der Waals surface area (Å²) in [5.74, 6) is 1.79. The van der Waals surface area contributed by atoms with Gasteiger partial charge in [-0.05, 0) is 30.4 Å². The van der Waals surface area contributed by atoms with Crippen LogP contribution in [0.4, 0.5) is 5.69 Å². The van der Waals surface area contributed by atoms with Gasteiger partial charge in [-0.2, -0.15) is 4.98 Å². The van der Waals surface area contributed by atoms with Gasteiger partial charge in [0.15, 0.2) is 5.69 Å². The molecule has 1 aliphatic rings. The summed E-state index contributed by atoms with van der Waals surface area (Å²) in [6.07, 6.45) is 1.54. The molecule has 0 fully saturated rings. The summed E-state index contributed by atoms with van der Waals surface area (Å²) >= 11 is 1.49. The second kappa shape index (κ2) is 10.7. The molecule has 4 rings (SSSR count). The smallest absolute Gasteiger partial charge is 0.247 e. The number of carbonyl (C=O) groups is 1. The van der Waals surface area contributed by atoms with E-state index in [4.69, 9.17) is 9.47 Å². The van der Waals surface area contributed by atoms with E-state index >= 15 is 0 Å². The monoisotopic (exact) mass is 464 g/mol. The quantitative estimate of drug-likeness (QED) is 0.314. The van der Waals surface area contributed by atoms with E-state index in [0.717, 1.165) is 29.7 Å². The average molecular weight is 465 g/mol. The minimum absolute atomic E-state index is 0.0697. The van der Waals surface area contributed by atoms with Gasteiger partial charge in [0.2, 0.25) is 23.2 Å². The summed E-state index contributed by atoms with van der Waals surface area (Å²) in [6.45, 7) is 6.59. The molecular formula is C25H28N4O3S. The number of hydrogen-bond acceptors (Lipinski definition) is 7. The fraction of sp³-hybridized carbons (Fsp3) is 0.360. The first-order valence-electron chi connectivity index (χ1n) is 11.3. The van der Waals surface area contributed by atoms with Crippen LogP contribution >= 0.6 is 11.8 Å². The van der Waals surface area contributed by atoms with Crippen LogP contribution in [-0.2, 0) is 4.79 Å². The highest BCUT2D eigenvalue weighted by Gasteiger charge is 2.36. The van der Waals surface area contributed by atoms with Gasteiger partial charge in [0.25, 0.3) is 0 Å². The van der Waals surface area contributed by atoms with Crippen molar-refractivity contribution >= 4 is 23.4 Å². The van der Waals surface area contributed by atoms with Gasteiger partial charge in [-0.3, -0.25) is 9.69 Å². The van der Waals surface area contributed by atoms with Gasteiger partial charge in [-0.15, -0.1) is 10.2 Å². The van der Waals surface area contributed by atoms with E-state index in [9.17, 15) is 4.79 Å². The number of thioether (sulfide) groups is 1. The van der Waals surface area contributed by atoms with E-state index in [2.05, 4.69) is 22.1 Å². The maximum Gasteiger partial charge on any atom is 0.247 e. The van der Waals surface area contributed by atoms with Crippen LogP contribution < -0.4 is 14.4 Å². The summed E-state index contributed by atoms with van der Waals surface area (Å²) in [7, 11) is 0. The number of amides is 1. The SMILES string of the molecule is CCCCOc1ccccc1[C@@H]1Oc2nc(SCC)nnc2-c2ccccc2N1C(=O)CC. The molecule has 33 heavy (non-hydrogen) atoms. The lowest BCUT2D eigenvalue weighted by Crippen LogP contribution is -2.37. The van der Waals surface area contributed by atoms with E-state index in [0.29, 0.717) is 41.2 Å². The van der Waals surface area contributed by atoms with E-state index in [1.807, 2.05) is 62.4 Å². The Morgan fingerprint density at radius 2 is 1.88 bits per heavy atom. The fourth-order valence-corrected chi connectivity index (χ4v) is 4.19. The molecule has 0 saturated carbocycles. The highest BCUT2D eigenvalue weighted by Crippen LogP contribution is 2.45. The topological polar surface area (TPSA) is 77.4 Å². The van der Waals surface area contributed by atoms with E-state index in [-0.39, 0.29) is 5.91 Å². The average Bonchev–Trinajstić information content (AvgIpc) is 2.98. The molecule has 2 heterocycles. The Morgan fingerprint density at radius 1 is 1.09 bits per heavy atom. The van der Waals surface area contributed by atoms with Gasteiger partial charge >= 0.3 is 0 Å². The molecule has 0 bridgehead atoms. The zero-order chi connectivity index (χ0) is 23.2. The van der Waals surface area contributed by atoms with Crippen LogP contribution in [0.15, 0.2) is 53.7 Å². The van der Waals surface area contributed by atoms with E-state index in [1.54, 1.807) is 4.90 Å². The lowest BCUT2D eigenvalue weighted by Gasteiger charge is -2.31. The largest absolute Gasteiger partial charge is 0.493 e. The number of carbonyl (C=O) groups excluding carboxylic acids is 1. The molecule has 1 amide bonds. The van der Waals surface area contributed by atoms with Gasteiger partial charge < -0.3 is 9.47 Å². The normalized spacial score (nSPS) is 14.6. The molecule has 1 atom stereocenters. The van der Waals surface area contributed by atoms with Crippen LogP contribution in [0.3, 0.4) is 0 Å². The minimum atomic E-state index is -0.756. The maximum absolute atomic E-state index is 13.3. The number of ether oxygens (including phenoxy) is 2. The van der Waals surface area contributed by atoms with Crippen LogP contribution in [0.2, 0.25) is 0 Å². The third kappa shape index (κ3) is 4.80. The van der Waals surface area contributed by atoms with E-state index in [1.165, 1.54) is 11.8 Å². The number of anilines is 1. The molecule has 1 aliphatic heterocycles. The van der Waals surface area contributed by atoms with Crippen molar-refractivity contribution in [3.05, 3.63) is 54.1 Å². The van der Waals surface area contributed by atoms with Crippen molar-refractivity contribution in [1.29, 1.82) is 0 Å². The molecule has 0 radical (unpaired) electrons. The van der Waals surface area contributed by atoms with Crippen molar-refractivity contribution in [3.63, 3.8) is 0 Å². The summed E-state index contributed by atoms with van der Waals surface area (Å²) in [5, 5.41) is 9.25. The second-order valence-corrected chi connectivity index (χ2v) is 8.76. The third-order valence-electron chi connectivity index (χ3n) is 5.30. The van der Waals surface area contributed by atoms with E-state index < -0.39 is 6.23 Å². The molecule has 0 N–H and O–H groups in total. The molecular weight excluding hydrogens is 436 g/mol. The predicted octanol–water partition coefficient (Wildman–Crippen LogP) is 5.66. The zero-order valence-electron chi connectivity index (χ0n) is 19.2. The highest BCUT2D eigenvalue weighted by molar-refractivity contribution is 7.99. The number of fused-ring (bicyclic) bond motifs is 3. The molecule has 0 spiro atoms. The van der Waals surface area contributed by atoms with Gasteiger partial charge in [0.1, 0.15) is 5.75 Å². The predicted molar refractivity (Wildman–Crippen MR) is 130 cm³/mol. The van der Waals surface area contributed by atoms with Crippen molar-refractivity contribution in [2.24, 2.45) is 0 Å². The Hall–Kier alpha value is -3.13.